The molecule has 10 atom stereocenters. The van der Waals surface area contributed by atoms with Crippen molar-refractivity contribution in [2.75, 3.05) is 6.61 Å². The van der Waals surface area contributed by atoms with Crippen LogP contribution in [0.5, 0.6) is 0 Å². The van der Waals surface area contributed by atoms with Gasteiger partial charge in [0.05, 0.1) is 30.9 Å². The van der Waals surface area contributed by atoms with Crippen molar-refractivity contribution in [3.8, 4) is 0 Å². The van der Waals surface area contributed by atoms with Crippen LogP contribution in [0, 0.1) is 0 Å². The van der Waals surface area contributed by atoms with Crippen LogP contribution in [0.2, 0.25) is 0 Å². The van der Waals surface area contributed by atoms with Crippen LogP contribution in [0.4, 0.5) is 0 Å². The van der Waals surface area contributed by atoms with E-state index < -0.39 is 85.7 Å². The van der Waals surface area contributed by atoms with E-state index in [1.807, 2.05) is 0 Å². The summed E-state index contributed by atoms with van der Waals surface area (Å²) in [6, 6.07) is -2.51. The summed E-state index contributed by atoms with van der Waals surface area (Å²) in [4.78, 5) is 34.8. The molecule has 31 heavy (non-hydrogen) atoms. The van der Waals surface area contributed by atoms with Crippen molar-refractivity contribution in [3.63, 3.8) is 0 Å². The molecule has 0 saturated carbocycles. The Kier molecular flexibility index (Phi) is 8.29. The molecule has 2 fully saturated rings. The second kappa shape index (κ2) is 10.1. The highest BCUT2D eigenvalue weighted by atomic mass is 16.7. The van der Waals surface area contributed by atoms with Gasteiger partial charge < -0.3 is 55.5 Å². The van der Waals surface area contributed by atoms with E-state index in [0.29, 0.717) is 0 Å². The summed E-state index contributed by atoms with van der Waals surface area (Å²) in [5, 5.41) is 64.6. The first kappa shape index (κ1) is 25.4. The van der Waals surface area contributed by atoms with Gasteiger partial charge in [-0.05, 0) is 6.92 Å². The number of carbonyl (C=O) groups excluding carboxylic acids is 2. The Labute approximate surface area is 176 Å². The van der Waals surface area contributed by atoms with E-state index in [9.17, 15) is 45.0 Å². The lowest BCUT2D eigenvalue weighted by molar-refractivity contribution is -0.345. The molecule has 0 aromatic carbocycles. The highest BCUT2D eigenvalue weighted by Crippen LogP contribution is 2.35. The minimum atomic E-state index is -2.62. The van der Waals surface area contributed by atoms with Crippen molar-refractivity contribution in [2.45, 2.75) is 81.1 Å². The Morgan fingerprint density at radius 2 is 1.87 bits per heavy atom. The number of carboxylic acid groups (broad SMARTS) is 1. The van der Waals surface area contributed by atoms with Crippen molar-refractivity contribution in [3.05, 3.63) is 0 Å². The fourth-order valence-electron chi connectivity index (χ4n) is 3.65. The third-order valence-electron chi connectivity index (χ3n) is 5.20. The first-order chi connectivity index (χ1) is 14.4. The van der Waals surface area contributed by atoms with Crippen LogP contribution in [0.1, 0.15) is 20.3 Å². The summed E-state index contributed by atoms with van der Waals surface area (Å²) >= 11 is 0. The maximum absolute atomic E-state index is 12.1. The molecule has 2 amide bonds. The number of aliphatic carboxylic acids is 1. The standard InChI is InChI=1S/C17H28N2O12/c1-6(21)10(18-5-20)14-11(19-7(2)22)8(23)3-17(31-14,16(27)28)30-9-4-29-15(26)13(25)12(9)24/h5-6,8-15,21,23-26H,3-4H2,1-2H3,(H,18,20)(H,19,22)(H,27,28)/t6-,8-,9+,10-,11-,12-,13+,14-,15+,17-/m0/s1. The van der Waals surface area contributed by atoms with Crippen LogP contribution in [0.25, 0.3) is 0 Å². The number of aliphatic hydroxyl groups excluding tert-OH is 5. The summed E-state index contributed by atoms with van der Waals surface area (Å²) in [5.41, 5.74) is 0. The molecule has 0 aliphatic carbocycles. The first-order valence-corrected chi connectivity index (χ1v) is 9.51. The number of carboxylic acids is 1. The molecule has 0 spiro atoms. The van der Waals surface area contributed by atoms with Crippen LogP contribution >= 0.6 is 0 Å². The van der Waals surface area contributed by atoms with Crippen molar-refractivity contribution in [1.82, 2.24) is 10.6 Å². The van der Waals surface area contributed by atoms with Gasteiger partial charge in [0, 0.05) is 13.3 Å². The predicted octanol–water partition coefficient (Wildman–Crippen LogP) is -4.63. The Morgan fingerprint density at radius 3 is 2.39 bits per heavy atom. The second-order valence-electron chi connectivity index (χ2n) is 7.55. The molecule has 8 N–H and O–H groups in total. The van der Waals surface area contributed by atoms with Crippen LogP contribution in [0.3, 0.4) is 0 Å². The van der Waals surface area contributed by atoms with Crippen LogP contribution in [0.15, 0.2) is 0 Å². The lowest BCUT2D eigenvalue weighted by Gasteiger charge is -2.49. The van der Waals surface area contributed by atoms with E-state index in [2.05, 4.69) is 10.6 Å². The third kappa shape index (κ3) is 5.48. The Balaban J connectivity index is 2.40. The smallest absolute Gasteiger partial charge is 0.364 e. The van der Waals surface area contributed by atoms with Gasteiger partial charge >= 0.3 is 5.97 Å². The Bertz CT molecular complexity index is 663. The van der Waals surface area contributed by atoms with Crippen molar-refractivity contribution >= 4 is 18.3 Å². The highest BCUT2D eigenvalue weighted by Gasteiger charge is 2.57. The molecule has 0 bridgehead atoms. The SMILES string of the molecule is CC(=O)N[C@@H]1[C@H]([C@@H](NC=O)[C@H](C)O)O[C@](O[C@@H]2CO[C@@H](O)[C@H](O)[C@H]2O)(C(=O)O)C[C@@H]1O. The van der Waals surface area contributed by atoms with Gasteiger partial charge in [-0.3, -0.25) is 9.59 Å². The van der Waals surface area contributed by atoms with E-state index in [4.69, 9.17) is 14.2 Å². The molecular weight excluding hydrogens is 424 g/mol. The average Bonchev–Trinajstić information content (AvgIpc) is 2.68. The van der Waals surface area contributed by atoms with Gasteiger partial charge in [0.15, 0.2) is 6.29 Å². The summed E-state index contributed by atoms with van der Waals surface area (Å²) < 4.78 is 15.9. The molecular formula is C17H28N2O12. The van der Waals surface area contributed by atoms with Gasteiger partial charge in [-0.25, -0.2) is 4.79 Å². The number of nitrogens with one attached hydrogen (secondary N) is 2. The minimum Gasteiger partial charge on any atom is -0.477 e. The summed E-state index contributed by atoms with van der Waals surface area (Å²) in [5.74, 6) is -4.93. The van der Waals surface area contributed by atoms with Crippen LogP contribution < -0.4 is 10.6 Å². The Hall–Kier alpha value is -1.91. The molecule has 0 aromatic rings. The molecule has 0 aromatic heterocycles. The van der Waals surface area contributed by atoms with E-state index >= 15 is 0 Å². The zero-order valence-corrected chi connectivity index (χ0v) is 16.8. The molecule has 2 aliphatic rings. The third-order valence-corrected chi connectivity index (χ3v) is 5.20. The number of ether oxygens (including phenoxy) is 3. The molecule has 14 nitrogen and oxygen atoms in total. The van der Waals surface area contributed by atoms with Crippen LogP contribution in [-0.4, -0.2) is 116 Å². The topological polar surface area (TPSA) is 224 Å². The largest absolute Gasteiger partial charge is 0.477 e. The fourth-order valence-corrected chi connectivity index (χ4v) is 3.65. The van der Waals surface area contributed by atoms with E-state index in [1.54, 1.807) is 0 Å². The molecule has 2 rings (SSSR count). The highest BCUT2D eigenvalue weighted by molar-refractivity contribution is 5.76. The van der Waals surface area contributed by atoms with Gasteiger partial charge in [-0.15, -0.1) is 0 Å². The second-order valence-corrected chi connectivity index (χ2v) is 7.55. The van der Waals surface area contributed by atoms with E-state index in [-0.39, 0.29) is 6.41 Å². The Morgan fingerprint density at radius 1 is 1.23 bits per heavy atom. The average molecular weight is 452 g/mol. The number of hydrogen-bond donors (Lipinski definition) is 8. The predicted molar refractivity (Wildman–Crippen MR) is 97.0 cm³/mol. The van der Waals surface area contributed by atoms with E-state index in [1.165, 1.54) is 6.92 Å². The zero-order valence-electron chi connectivity index (χ0n) is 16.8. The molecule has 178 valence electrons. The van der Waals surface area contributed by atoms with Gasteiger partial charge in [0.1, 0.15) is 24.4 Å². The molecule has 0 radical (unpaired) electrons. The van der Waals surface area contributed by atoms with Crippen LogP contribution in [-0.2, 0) is 28.6 Å². The van der Waals surface area contributed by atoms with Crippen molar-refractivity contribution in [2.24, 2.45) is 0 Å². The van der Waals surface area contributed by atoms with Gasteiger partial charge in [-0.1, -0.05) is 0 Å². The molecule has 2 heterocycles. The lowest BCUT2D eigenvalue weighted by atomic mass is 9.87. The zero-order chi connectivity index (χ0) is 23.5. The fraction of sp³-hybridized carbons (Fsp3) is 0.824. The molecule has 2 saturated heterocycles. The van der Waals surface area contributed by atoms with Gasteiger partial charge in [0.25, 0.3) is 5.79 Å². The number of amides is 2. The molecule has 0 unspecified atom stereocenters. The normalized spacial score (nSPS) is 40.4. The number of rotatable bonds is 8. The summed E-state index contributed by atoms with van der Waals surface area (Å²) in [6.45, 7) is 1.91. The molecule has 2 aliphatic heterocycles. The first-order valence-electron chi connectivity index (χ1n) is 9.51. The number of aliphatic hydroxyl groups is 5. The summed E-state index contributed by atoms with van der Waals surface area (Å²) in [7, 11) is 0. The van der Waals surface area contributed by atoms with E-state index in [0.717, 1.165) is 6.92 Å². The van der Waals surface area contributed by atoms with Gasteiger partial charge in [-0.2, -0.15) is 0 Å². The lowest BCUT2D eigenvalue weighted by Crippen LogP contribution is -2.70. The van der Waals surface area contributed by atoms with Gasteiger partial charge in [0.2, 0.25) is 12.3 Å². The van der Waals surface area contributed by atoms with Crippen molar-refractivity contribution in [1.29, 1.82) is 0 Å². The summed E-state index contributed by atoms with van der Waals surface area (Å²) in [6.07, 6.45) is -11.6. The maximum atomic E-state index is 12.1. The number of carbonyl (C=O) groups is 3. The van der Waals surface area contributed by atoms with Crippen molar-refractivity contribution < 1.29 is 59.2 Å². The number of hydrogen-bond acceptors (Lipinski definition) is 11. The monoisotopic (exact) mass is 452 g/mol. The molecule has 14 heteroatoms. The maximum Gasteiger partial charge on any atom is 0.364 e. The quantitative estimate of drug-likeness (QED) is 0.163. The minimum absolute atomic E-state index is 0.229.